The molecule has 0 atom stereocenters. The van der Waals surface area contributed by atoms with Crippen LogP contribution in [0.1, 0.15) is 110 Å². The Bertz CT molecular complexity index is 627. The lowest BCUT2D eigenvalue weighted by Crippen LogP contribution is -2.60. The monoisotopic (exact) mass is 456 g/mol. The summed E-state index contributed by atoms with van der Waals surface area (Å²) in [5.41, 5.74) is -3.61. The Labute approximate surface area is 190 Å². The predicted octanol–water partition coefficient (Wildman–Crippen LogP) is 5.19. The van der Waals surface area contributed by atoms with E-state index in [0.717, 1.165) is 38.5 Å². The van der Waals surface area contributed by atoms with Crippen LogP contribution in [0.5, 0.6) is 0 Å². The number of carbonyl (C=O) groups is 4. The summed E-state index contributed by atoms with van der Waals surface area (Å²) in [7, 11) is 0. The molecule has 4 N–H and O–H groups in total. The van der Waals surface area contributed by atoms with E-state index in [0.29, 0.717) is 25.7 Å². The third kappa shape index (κ3) is 6.45. The molecule has 1 fully saturated rings. The zero-order valence-corrected chi connectivity index (χ0v) is 19.5. The van der Waals surface area contributed by atoms with Crippen molar-refractivity contribution in [3.8, 4) is 0 Å². The van der Waals surface area contributed by atoms with E-state index in [1.807, 2.05) is 13.8 Å². The van der Waals surface area contributed by atoms with Crippen LogP contribution in [0.3, 0.4) is 0 Å². The fourth-order valence-electron chi connectivity index (χ4n) is 6.57. The molecule has 0 unspecified atom stereocenters. The van der Waals surface area contributed by atoms with Gasteiger partial charge in [0.25, 0.3) is 0 Å². The first-order valence-electron chi connectivity index (χ1n) is 11.9. The van der Waals surface area contributed by atoms with Crippen LogP contribution in [0.25, 0.3) is 0 Å². The Kier molecular flexibility index (Phi) is 10.6. The van der Waals surface area contributed by atoms with Crippen molar-refractivity contribution in [2.75, 3.05) is 0 Å². The summed E-state index contributed by atoms with van der Waals surface area (Å²) < 4.78 is 0. The van der Waals surface area contributed by atoms with Crippen molar-refractivity contribution < 1.29 is 39.6 Å². The van der Waals surface area contributed by atoms with Gasteiger partial charge in [0.1, 0.15) is 0 Å². The highest BCUT2D eigenvalue weighted by molar-refractivity contribution is 5.76. The topological polar surface area (TPSA) is 149 Å². The van der Waals surface area contributed by atoms with Gasteiger partial charge in [0.15, 0.2) is 0 Å². The fourth-order valence-corrected chi connectivity index (χ4v) is 6.57. The average Bonchev–Trinajstić information content (AvgIpc) is 2.64. The Morgan fingerprint density at radius 1 is 0.594 bits per heavy atom. The second kappa shape index (κ2) is 12.2. The summed E-state index contributed by atoms with van der Waals surface area (Å²) in [6.07, 6.45) is 5.64. The maximum absolute atomic E-state index is 12.2. The molecule has 0 radical (unpaired) electrons. The lowest BCUT2D eigenvalue weighted by Gasteiger charge is -2.63. The second-order valence-corrected chi connectivity index (χ2v) is 9.69. The van der Waals surface area contributed by atoms with E-state index >= 15 is 0 Å². The fraction of sp³-hybridized carbons (Fsp3) is 0.833. The molecular formula is C24H40O8. The minimum atomic E-state index is -1.45. The molecule has 0 aromatic heterocycles. The molecule has 0 saturated heterocycles. The van der Waals surface area contributed by atoms with Crippen LogP contribution in [0.4, 0.5) is 0 Å². The van der Waals surface area contributed by atoms with Gasteiger partial charge in [0, 0.05) is 5.41 Å². The largest absolute Gasteiger partial charge is 0.481 e. The molecular weight excluding hydrogens is 416 g/mol. The van der Waals surface area contributed by atoms with Gasteiger partial charge in [-0.1, -0.05) is 58.8 Å². The zero-order chi connectivity index (χ0) is 24.4. The molecule has 1 rings (SSSR count). The molecule has 8 heteroatoms. The first kappa shape index (κ1) is 27.9. The van der Waals surface area contributed by atoms with Crippen LogP contribution in [0, 0.1) is 16.2 Å². The highest BCUT2D eigenvalue weighted by Crippen LogP contribution is 2.69. The smallest absolute Gasteiger partial charge is 0.303 e. The van der Waals surface area contributed by atoms with Crippen LogP contribution in [-0.2, 0) is 19.2 Å². The van der Waals surface area contributed by atoms with Gasteiger partial charge in [-0.05, 0) is 36.5 Å². The van der Waals surface area contributed by atoms with Gasteiger partial charge < -0.3 is 20.4 Å². The number of rotatable bonds is 16. The van der Waals surface area contributed by atoms with Crippen molar-refractivity contribution in [3.63, 3.8) is 0 Å². The van der Waals surface area contributed by atoms with Crippen LogP contribution in [0.15, 0.2) is 0 Å². The summed E-state index contributed by atoms with van der Waals surface area (Å²) in [6, 6.07) is 0. The first-order valence-corrected chi connectivity index (χ1v) is 11.9. The van der Waals surface area contributed by atoms with E-state index in [1.54, 1.807) is 0 Å². The molecule has 1 aliphatic carbocycles. The molecule has 0 bridgehead atoms. The normalized spacial score (nSPS) is 18.7. The van der Waals surface area contributed by atoms with Gasteiger partial charge in [0.05, 0.1) is 25.7 Å². The maximum atomic E-state index is 12.2. The SMILES string of the molecule is CCCCCC1(CCCCC)CCCC(CC(=O)O)(CC(=O)O)C1(CC(=O)O)CC(=O)O. The molecule has 1 aliphatic rings. The molecule has 32 heavy (non-hydrogen) atoms. The Morgan fingerprint density at radius 2 is 0.969 bits per heavy atom. The summed E-state index contributed by atoms with van der Waals surface area (Å²) in [5.74, 6) is -4.85. The Morgan fingerprint density at radius 3 is 1.31 bits per heavy atom. The predicted molar refractivity (Wildman–Crippen MR) is 118 cm³/mol. The number of unbranched alkanes of at least 4 members (excludes halogenated alkanes) is 4. The lowest BCUT2D eigenvalue weighted by atomic mass is 9.39. The summed E-state index contributed by atoms with van der Waals surface area (Å²) in [6.45, 7) is 4.09. The minimum absolute atomic E-state index is 0.204. The average molecular weight is 457 g/mol. The van der Waals surface area contributed by atoms with Crippen LogP contribution < -0.4 is 0 Å². The highest BCUT2D eigenvalue weighted by atomic mass is 16.4. The second-order valence-electron chi connectivity index (χ2n) is 9.69. The van der Waals surface area contributed by atoms with Crippen molar-refractivity contribution in [3.05, 3.63) is 0 Å². The molecule has 0 spiro atoms. The summed E-state index contributed by atoms with van der Waals surface area (Å²) >= 11 is 0. The van der Waals surface area contributed by atoms with Crippen molar-refractivity contribution in [2.45, 2.75) is 110 Å². The number of carboxylic acid groups (broad SMARTS) is 4. The molecule has 0 amide bonds. The summed E-state index contributed by atoms with van der Waals surface area (Å²) in [5, 5.41) is 39.4. The van der Waals surface area contributed by atoms with Gasteiger partial charge >= 0.3 is 23.9 Å². The summed E-state index contributed by atoms with van der Waals surface area (Å²) in [4.78, 5) is 48.3. The van der Waals surface area contributed by atoms with E-state index in [2.05, 4.69) is 0 Å². The standard InChI is InChI=1S/C24H40O8/c1-3-5-7-10-22(11-8-6-4-2)12-9-13-23(14-18(25)26,15-19(27)28)24(22,16-20(29)30)17-21(31)32/h3-17H2,1-2H3,(H,25,26)(H,27,28)(H,29,30)(H,31,32). The third-order valence-electron chi connectivity index (χ3n) is 7.74. The van der Waals surface area contributed by atoms with Crippen molar-refractivity contribution in [1.29, 1.82) is 0 Å². The Balaban J connectivity index is 3.85. The van der Waals surface area contributed by atoms with Crippen molar-refractivity contribution in [1.82, 2.24) is 0 Å². The van der Waals surface area contributed by atoms with Gasteiger partial charge in [-0.2, -0.15) is 0 Å². The molecule has 0 aromatic rings. The Hall–Kier alpha value is -2.12. The molecule has 184 valence electrons. The van der Waals surface area contributed by atoms with Gasteiger partial charge in [-0.15, -0.1) is 0 Å². The van der Waals surface area contributed by atoms with E-state index in [-0.39, 0.29) is 6.42 Å². The van der Waals surface area contributed by atoms with Gasteiger partial charge in [0.2, 0.25) is 0 Å². The quantitative estimate of drug-likeness (QED) is 0.232. The third-order valence-corrected chi connectivity index (χ3v) is 7.74. The number of hydrogen-bond acceptors (Lipinski definition) is 4. The first-order chi connectivity index (χ1) is 15.0. The molecule has 0 aliphatic heterocycles. The lowest BCUT2D eigenvalue weighted by molar-refractivity contribution is -0.194. The van der Waals surface area contributed by atoms with E-state index in [4.69, 9.17) is 0 Å². The van der Waals surface area contributed by atoms with E-state index < -0.39 is 65.8 Å². The van der Waals surface area contributed by atoms with Gasteiger partial charge in [-0.3, -0.25) is 19.2 Å². The van der Waals surface area contributed by atoms with Crippen LogP contribution in [0.2, 0.25) is 0 Å². The highest BCUT2D eigenvalue weighted by Gasteiger charge is 2.65. The van der Waals surface area contributed by atoms with Crippen LogP contribution in [-0.4, -0.2) is 44.3 Å². The molecule has 0 aromatic carbocycles. The van der Waals surface area contributed by atoms with Crippen LogP contribution >= 0.6 is 0 Å². The number of hydrogen-bond donors (Lipinski definition) is 4. The van der Waals surface area contributed by atoms with Gasteiger partial charge in [-0.25, -0.2) is 0 Å². The van der Waals surface area contributed by atoms with Crippen molar-refractivity contribution >= 4 is 23.9 Å². The zero-order valence-electron chi connectivity index (χ0n) is 19.5. The molecule has 0 heterocycles. The van der Waals surface area contributed by atoms with E-state index in [1.165, 1.54) is 0 Å². The minimum Gasteiger partial charge on any atom is -0.481 e. The van der Waals surface area contributed by atoms with E-state index in [9.17, 15) is 39.6 Å². The molecule has 1 saturated carbocycles. The van der Waals surface area contributed by atoms with Crippen molar-refractivity contribution in [2.24, 2.45) is 16.2 Å². The molecule has 8 nitrogen and oxygen atoms in total. The number of aliphatic carboxylic acids is 4. The maximum Gasteiger partial charge on any atom is 0.303 e. The number of carboxylic acids is 4.